The first kappa shape index (κ1) is 30.8. The molecule has 0 saturated carbocycles. The molecule has 228 valence electrons. The number of phenols is 1. The van der Waals surface area contributed by atoms with Crippen LogP contribution in [-0.2, 0) is 4.74 Å². The molecule has 2 aromatic carbocycles. The zero-order valence-electron chi connectivity index (χ0n) is 24.1. The number of aromatic nitrogens is 1. The number of carbonyl (C=O) groups is 2. The molecule has 4 rings (SSSR count). The third kappa shape index (κ3) is 6.68. The van der Waals surface area contributed by atoms with Crippen molar-refractivity contribution in [2.24, 2.45) is 5.73 Å². The van der Waals surface area contributed by atoms with Crippen molar-refractivity contribution < 1.29 is 37.7 Å². The van der Waals surface area contributed by atoms with Crippen LogP contribution >= 0.6 is 0 Å². The molecule has 43 heavy (non-hydrogen) atoms. The van der Waals surface area contributed by atoms with E-state index in [0.29, 0.717) is 0 Å². The molecule has 1 atom stereocenters. The summed E-state index contributed by atoms with van der Waals surface area (Å²) in [5.41, 5.74) is 5.45. The number of piperazine rings is 1. The first-order valence-corrected chi connectivity index (χ1v) is 13.3. The number of halogens is 2. The summed E-state index contributed by atoms with van der Waals surface area (Å²) in [6, 6.07) is 9.16. The molecular weight excluding hydrogens is 566 g/mol. The van der Waals surface area contributed by atoms with Gasteiger partial charge in [0.05, 0.1) is 6.61 Å². The van der Waals surface area contributed by atoms with Gasteiger partial charge in [0.25, 0.3) is 17.7 Å². The average molecular weight is 599 g/mol. The summed E-state index contributed by atoms with van der Waals surface area (Å²) in [5, 5.41) is 18.0. The van der Waals surface area contributed by atoms with Gasteiger partial charge in [0.15, 0.2) is 11.5 Å². The van der Waals surface area contributed by atoms with Gasteiger partial charge >= 0.3 is 6.09 Å². The second kappa shape index (κ2) is 12.8. The lowest BCUT2D eigenvalue weighted by Crippen LogP contribution is -2.54. The minimum absolute atomic E-state index is 0.0363. The number of hydrogen-bond donors (Lipinski definition) is 3. The van der Waals surface area contributed by atoms with Crippen molar-refractivity contribution in [1.82, 2.24) is 14.8 Å². The highest BCUT2D eigenvalue weighted by Gasteiger charge is 2.34. The minimum atomic E-state index is -1.19. The number of aromatic hydroxyl groups is 1. The lowest BCUT2D eigenvalue weighted by Gasteiger charge is -2.40. The Labute approximate surface area is 246 Å². The second-order valence-corrected chi connectivity index (χ2v) is 9.91. The van der Waals surface area contributed by atoms with Crippen LogP contribution in [0.25, 0.3) is 0 Å². The molecule has 2 amide bonds. The Bertz CT molecular complexity index is 1550. The maximum atomic E-state index is 16.1. The maximum Gasteiger partial charge on any atom is 0.409 e. The number of nitrogens with two attached hydrogens (primary N) is 1. The van der Waals surface area contributed by atoms with Crippen LogP contribution in [-0.4, -0.2) is 84.1 Å². The van der Waals surface area contributed by atoms with Crippen LogP contribution in [0.2, 0.25) is 0 Å². The molecule has 12 nitrogen and oxygen atoms in total. The molecule has 1 aliphatic rings. The van der Waals surface area contributed by atoms with Crippen molar-refractivity contribution in [2.75, 3.05) is 45.2 Å². The Morgan fingerprint density at radius 2 is 1.79 bits per heavy atom. The standard InChI is InChI=1S/C29H32F2N6O6/c1-5-41-29(40)36-11-12-37(16(2)15-36)24-22(30)26(42-19-8-6-7-18(13-19)28(39)35(3)4)34-27(23(24)31)43-21-14-17(25(32)33)9-10-20(21)38/h6-10,13-14,16,38H,5,11-12,15H2,1-4H3,(H3,32,33). The largest absolute Gasteiger partial charge is 0.504 e. The number of hydrogen-bond acceptors (Lipinski definition) is 9. The van der Waals surface area contributed by atoms with Crippen LogP contribution in [0.3, 0.4) is 0 Å². The van der Waals surface area contributed by atoms with Crippen molar-refractivity contribution in [3.05, 3.63) is 65.2 Å². The van der Waals surface area contributed by atoms with Crippen molar-refractivity contribution in [3.63, 3.8) is 0 Å². The number of nitrogens with zero attached hydrogens (tertiary/aromatic N) is 4. The van der Waals surface area contributed by atoms with Crippen molar-refractivity contribution in [1.29, 1.82) is 5.41 Å². The van der Waals surface area contributed by atoms with E-state index in [2.05, 4.69) is 4.98 Å². The Balaban J connectivity index is 1.79. The van der Waals surface area contributed by atoms with E-state index >= 15 is 8.78 Å². The molecule has 0 spiro atoms. The summed E-state index contributed by atoms with van der Waals surface area (Å²) in [6.45, 7) is 3.81. The number of rotatable bonds is 8. The van der Waals surface area contributed by atoms with Crippen LogP contribution in [0.1, 0.15) is 29.8 Å². The lowest BCUT2D eigenvalue weighted by atomic mass is 10.1. The lowest BCUT2D eigenvalue weighted by molar-refractivity contribution is 0.0827. The molecule has 1 saturated heterocycles. The molecule has 14 heteroatoms. The highest BCUT2D eigenvalue weighted by Crippen LogP contribution is 2.41. The third-order valence-corrected chi connectivity index (χ3v) is 6.61. The number of nitrogen functional groups attached to an aromatic ring is 1. The van der Waals surface area contributed by atoms with Gasteiger partial charge in [-0.2, -0.15) is 13.8 Å². The van der Waals surface area contributed by atoms with Gasteiger partial charge in [0, 0.05) is 50.9 Å². The predicted molar refractivity (Wildman–Crippen MR) is 153 cm³/mol. The zero-order valence-corrected chi connectivity index (χ0v) is 24.1. The Morgan fingerprint density at radius 1 is 1.09 bits per heavy atom. The summed E-state index contributed by atoms with van der Waals surface area (Å²) in [4.78, 5) is 32.9. The average Bonchev–Trinajstić information content (AvgIpc) is 2.97. The SMILES string of the molecule is CCOC(=O)N1CCN(c2c(F)c(Oc3cccc(C(=O)N(C)C)c3)nc(Oc3cc(C(=N)N)ccc3O)c2F)C(C)C1. The molecule has 0 radical (unpaired) electrons. The summed E-state index contributed by atoms with van der Waals surface area (Å²) >= 11 is 0. The number of nitrogens with one attached hydrogen (secondary N) is 1. The van der Waals surface area contributed by atoms with Gasteiger partial charge in [0.1, 0.15) is 17.3 Å². The fourth-order valence-corrected chi connectivity index (χ4v) is 4.48. The van der Waals surface area contributed by atoms with Crippen LogP contribution in [0, 0.1) is 17.0 Å². The van der Waals surface area contributed by atoms with Gasteiger partial charge in [0.2, 0.25) is 11.6 Å². The quantitative estimate of drug-likeness (QED) is 0.254. The van der Waals surface area contributed by atoms with E-state index in [1.165, 1.54) is 51.1 Å². The number of anilines is 1. The van der Waals surface area contributed by atoms with Gasteiger partial charge in [-0.3, -0.25) is 10.2 Å². The highest BCUT2D eigenvalue weighted by atomic mass is 19.1. The topological polar surface area (TPSA) is 155 Å². The third-order valence-electron chi connectivity index (χ3n) is 6.61. The van der Waals surface area contributed by atoms with E-state index in [1.54, 1.807) is 34.0 Å². The molecule has 4 N–H and O–H groups in total. The van der Waals surface area contributed by atoms with E-state index in [4.69, 9.17) is 25.4 Å². The smallest absolute Gasteiger partial charge is 0.409 e. The minimum Gasteiger partial charge on any atom is -0.504 e. The molecular formula is C29H32F2N6O6. The number of ether oxygens (including phenoxy) is 3. The molecule has 1 unspecified atom stereocenters. The van der Waals surface area contributed by atoms with Gasteiger partial charge in [-0.1, -0.05) is 6.07 Å². The van der Waals surface area contributed by atoms with E-state index in [-0.39, 0.29) is 60.6 Å². The van der Waals surface area contributed by atoms with Crippen LogP contribution in [0.4, 0.5) is 19.3 Å². The van der Waals surface area contributed by atoms with E-state index in [1.807, 2.05) is 0 Å². The molecule has 1 aliphatic heterocycles. The van der Waals surface area contributed by atoms with Crippen LogP contribution in [0.15, 0.2) is 42.5 Å². The van der Waals surface area contributed by atoms with E-state index in [9.17, 15) is 14.7 Å². The molecule has 0 aliphatic carbocycles. The van der Waals surface area contributed by atoms with Gasteiger partial charge in [-0.05, 0) is 50.2 Å². The summed E-state index contributed by atoms with van der Waals surface area (Å²) in [7, 11) is 3.15. The van der Waals surface area contributed by atoms with Crippen LogP contribution in [0.5, 0.6) is 29.0 Å². The van der Waals surface area contributed by atoms with Crippen molar-refractivity contribution in [2.45, 2.75) is 19.9 Å². The highest BCUT2D eigenvalue weighted by molar-refractivity contribution is 5.95. The molecule has 1 aromatic heterocycles. The Hall–Kier alpha value is -5.14. The Morgan fingerprint density at radius 3 is 2.42 bits per heavy atom. The van der Waals surface area contributed by atoms with Gasteiger partial charge < -0.3 is 39.8 Å². The van der Waals surface area contributed by atoms with Gasteiger partial charge in [-0.25, -0.2) is 4.79 Å². The zero-order chi connectivity index (χ0) is 31.4. The van der Waals surface area contributed by atoms with Crippen LogP contribution < -0.4 is 20.1 Å². The number of amides is 2. The molecule has 0 bridgehead atoms. The second-order valence-electron chi connectivity index (χ2n) is 9.91. The van der Waals surface area contributed by atoms with E-state index in [0.717, 1.165) is 0 Å². The Kier molecular flexibility index (Phi) is 9.17. The summed E-state index contributed by atoms with van der Waals surface area (Å²) in [5.74, 6) is -5.04. The van der Waals surface area contributed by atoms with E-state index < -0.39 is 47.0 Å². The van der Waals surface area contributed by atoms with Gasteiger partial charge in [-0.15, -0.1) is 0 Å². The number of pyridine rings is 1. The first-order chi connectivity index (χ1) is 20.4. The molecule has 1 fully saturated rings. The number of phenolic OH excluding ortho intramolecular Hbond substituents is 1. The fourth-order valence-electron chi connectivity index (χ4n) is 4.48. The number of benzene rings is 2. The maximum absolute atomic E-state index is 16.1. The predicted octanol–water partition coefficient (Wildman–Crippen LogP) is 4.30. The number of carbonyl (C=O) groups excluding carboxylic acids is 2. The number of amidine groups is 1. The monoisotopic (exact) mass is 598 g/mol. The first-order valence-electron chi connectivity index (χ1n) is 13.3. The molecule has 3 aromatic rings. The summed E-state index contributed by atoms with van der Waals surface area (Å²) < 4.78 is 48.6. The fraction of sp³-hybridized carbons (Fsp3) is 0.310. The molecule has 2 heterocycles. The normalized spacial score (nSPS) is 14.7. The van der Waals surface area contributed by atoms with Crippen molar-refractivity contribution in [3.8, 4) is 29.0 Å². The van der Waals surface area contributed by atoms with Crippen molar-refractivity contribution >= 4 is 23.5 Å². The summed E-state index contributed by atoms with van der Waals surface area (Å²) in [6.07, 6.45) is -0.536.